The molecule has 0 unspecified atom stereocenters. The minimum absolute atomic E-state index is 0.530. The number of ether oxygens (including phenoxy) is 2. The van der Waals surface area contributed by atoms with E-state index < -0.39 is 0 Å². The van der Waals surface area contributed by atoms with Crippen LogP contribution in [0.3, 0.4) is 0 Å². The fourth-order valence-electron chi connectivity index (χ4n) is 1.97. The van der Waals surface area contributed by atoms with Crippen LogP contribution in [0.15, 0.2) is 48.5 Å². The normalized spacial score (nSPS) is 10.1. The third-order valence-corrected chi connectivity index (χ3v) is 3.08. The Morgan fingerprint density at radius 3 is 2.52 bits per heavy atom. The number of benzene rings is 2. The van der Waals surface area contributed by atoms with E-state index in [1.165, 1.54) is 5.56 Å². The zero-order chi connectivity index (χ0) is 14.9. The maximum atomic E-state index is 11.1. The van der Waals surface area contributed by atoms with Gasteiger partial charge in [0.15, 0.2) is 6.29 Å². The third-order valence-electron chi connectivity index (χ3n) is 3.08. The summed E-state index contributed by atoms with van der Waals surface area (Å²) in [6.45, 7) is 3.24. The average molecular weight is 284 g/mol. The molecule has 0 atom stereocenters. The van der Waals surface area contributed by atoms with Crippen molar-refractivity contribution in [3.05, 3.63) is 59.7 Å². The van der Waals surface area contributed by atoms with Crippen molar-refractivity contribution in [3.63, 3.8) is 0 Å². The molecular formula is C18H20O3. The van der Waals surface area contributed by atoms with Crippen LogP contribution in [0.4, 0.5) is 0 Å². The quantitative estimate of drug-likeness (QED) is 0.689. The number of carbonyl (C=O) groups excluding carboxylic acids is 1. The van der Waals surface area contributed by atoms with E-state index in [1.807, 2.05) is 18.2 Å². The summed E-state index contributed by atoms with van der Waals surface area (Å²) in [6, 6.07) is 15.4. The zero-order valence-corrected chi connectivity index (χ0v) is 12.2. The molecule has 0 heterocycles. The van der Waals surface area contributed by atoms with Crippen LogP contribution in [0.2, 0.25) is 0 Å². The molecule has 0 aliphatic heterocycles. The Balaban J connectivity index is 1.98. The van der Waals surface area contributed by atoms with Gasteiger partial charge in [0.05, 0.1) is 18.8 Å². The van der Waals surface area contributed by atoms with Crippen molar-refractivity contribution >= 4 is 6.29 Å². The van der Waals surface area contributed by atoms with E-state index in [4.69, 9.17) is 9.47 Å². The Labute approximate surface area is 125 Å². The fourth-order valence-corrected chi connectivity index (χ4v) is 1.97. The molecule has 0 aliphatic carbocycles. The summed E-state index contributed by atoms with van der Waals surface area (Å²) in [5.74, 6) is 1.31. The molecule has 0 aliphatic rings. The van der Waals surface area contributed by atoms with Gasteiger partial charge in [-0.05, 0) is 24.1 Å². The smallest absolute Gasteiger partial charge is 0.153 e. The van der Waals surface area contributed by atoms with Gasteiger partial charge in [-0.15, -0.1) is 0 Å². The van der Waals surface area contributed by atoms with Crippen LogP contribution in [0.5, 0.6) is 11.5 Å². The van der Waals surface area contributed by atoms with E-state index in [0.29, 0.717) is 24.5 Å². The maximum Gasteiger partial charge on any atom is 0.153 e. The van der Waals surface area contributed by atoms with Gasteiger partial charge in [-0.2, -0.15) is 0 Å². The maximum absolute atomic E-state index is 11.1. The highest BCUT2D eigenvalue weighted by molar-refractivity contribution is 5.79. The lowest BCUT2D eigenvalue weighted by Gasteiger charge is -2.11. The lowest BCUT2D eigenvalue weighted by molar-refractivity contribution is 0.111. The van der Waals surface area contributed by atoms with Crippen molar-refractivity contribution in [3.8, 4) is 11.5 Å². The van der Waals surface area contributed by atoms with Crippen molar-refractivity contribution < 1.29 is 14.3 Å². The molecule has 0 bridgehead atoms. The lowest BCUT2D eigenvalue weighted by atomic mass is 10.1. The number of rotatable bonds is 8. The minimum Gasteiger partial charge on any atom is -0.493 e. The molecule has 3 heteroatoms. The van der Waals surface area contributed by atoms with Crippen LogP contribution in [0.1, 0.15) is 29.3 Å². The molecule has 21 heavy (non-hydrogen) atoms. The largest absolute Gasteiger partial charge is 0.493 e. The van der Waals surface area contributed by atoms with E-state index in [-0.39, 0.29) is 0 Å². The molecule has 2 aromatic rings. The van der Waals surface area contributed by atoms with E-state index in [1.54, 1.807) is 18.2 Å². The predicted octanol–water partition coefficient (Wildman–Crippen LogP) is 3.91. The molecule has 0 saturated heterocycles. The summed E-state index contributed by atoms with van der Waals surface area (Å²) in [5, 5.41) is 0. The summed E-state index contributed by atoms with van der Waals surface area (Å²) in [7, 11) is 0. The second-order valence-electron chi connectivity index (χ2n) is 4.75. The van der Waals surface area contributed by atoms with Gasteiger partial charge >= 0.3 is 0 Å². The van der Waals surface area contributed by atoms with Gasteiger partial charge in [0, 0.05) is 12.5 Å². The molecule has 0 aromatic heterocycles. The lowest BCUT2D eigenvalue weighted by Crippen LogP contribution is -2.04. The Morgan fingerprint density at radius 2 is 1.81 bits per heavy atom. The standard InChI is InChI=1S/C18H20O3/c1-2-11-20-17-9-8-16(14-19)18(13-17)21-12-10-15-6-4-3-5-7-15/h3-9,13-14H,2,10-12H2,1H3. The Kier molecular flexibility index (Phi) is 5.83. The Morgan fingerprint density at radius 1 is 1.00 bits per heavy atom. The molecule has 0 radical (unpaired) electrons. The zero-order valence-electron chi connectivity index (χ0n) is 12.2. The first-order valence-corrected chi connectivity index (χ1v) is 7.22. The highest BCUT2D eigenvalue weighted by Crippen LogP contribution is 2.24. The number of carbonyl (C=O) groups is 1. The molecule has 2 rings (SSSR count). The molecule has 110 valence electrons. The van der Waals surface area contributed by atoms with Gasteiger partial charge in [0.2, 0.25) is 0 Å². The van der Waals surface area contributed by atoms with Crippen molar-refractivity contribution in [2.75, 3.05) is 13.2 Å². The van der Waals surface area contributed by atoms with Crippen LogP contribution in [0.25, 0.3) is 0 Å². The second-order valence-corrected chi connectivity index (χ2v) is 4.75. The molecule has 0 saturated carbocycles. The summed E-state index contributed by atoms with van der Waals surface area (Å²) in [4.78, 5) is 11.1. The van der Waals surface area contributed by atoms with Crippen molar-refractivity contribution in [1.82, 2.24) is 0 Å². The monoisotopic (exact) mass is 284 g/mol. The topological polar surface area (TPSA) is 35.5 Å². The third kappa shape index (κ3) is 4.63. The van der Waals surface area contributed by atoms with Crippen LogP contribution in [-0.4, -0.2) is 19.5 Å². The van der Waals surface area contributed by atoms with Crippen molar-refractivity contribution in [2.24, 2.45) is 0 Å². The van der Waals surface area contributed by atoms with Gasteiger partial charge in [0.25, 0.3) is 0 Å². The first-order chi connectivity index (χ1) is 10.3. The highest BCUT2D eigenvalue weighted by Gasteiger charge is 2.06. The van der Waals surface area contributed by atoms with Gasteiger partial charge < -0.3 is 9.47 Å². The van der Waals surface area contributed by atoms with E-state index in [9.17, 15) is 4.79 Å². The van der Waals surface area contributed by atoms with Gasteiger partial charge in [-0.3, -0.25) is 4.79 Å². The van der Waals surface area contributed by atoms with Gasteiger partial charge in [0.1, 0.15) is 11.5 Å². The van der Waals surface area contributed by atoms with Crippen LogP contribution in [0, 0.1) is 0 Å². The Bertz CT molecular complexity index is 564. The molecular weight excluding hydrogens is 264 g/mol. The molecule has 2 aromatic carbocycles. The molecule has 0 N–H and O–H groups in total. The van der Waals surface area contributed by atoms with E-state index in [0.717, 1.165) is 24.9 Å². The van der Waals surface area contributed by atoms with Crippen molar-refractivity contribution in [2.45, 2.75) is 19.8 Å². The molecule has 3 nitrogen and oxygen atoms in total. The van der Waals surface area contributed by atoms with Crippen LogP contribution in [-0.2, 0) is 6.42 Å². The first kappa shape index (κ1) is 15.1. The van der Waals surface area contributed by atoms with Crippen molar-refractivity contribution in [1.29, 1.82) is 0 Å². The highest BCUT2D eigenvalue weighted by atomic mass is 16.5. The second kappa shape index (κ2) is 8.10. The van der Waals surface area contributed by atoms with E-state index >= 15 is 0 Å². The molecule has 0 fully saturated rings. The predicted molar refractivity (Wildman–Crippen MR) is 83.3 cm³/mol. The minimum atomic E-state index is 0.530. The number of aldehydes is 1. The SMILES string of the molecule is CCCOc1ccc(C=O)c(OCCc2ccccc2)c1. The summed E-state index contributed by atoms with van der Waals surface area (Å²) >= 11 is 0. The average Bonchev–Trinajstić information content (AvgIpc) is 2.54. The van der Waals surface area contributed by atoms with Gasteiger partial charge in [-0.1, -0.05) is 37.3 Å². The Hall–Kier alpha value is -2.29. The summed E-state index contributed by atoms with van der Waals surface area (Å²) in [6.07, 6.45) is 2.56. The van der Waals surface area contributed by atoms with Crippen LogP contribution < -0.4 is 9.47 Å². The first-order valence-electron chi connectivity index (χ1n) is 7.22. The number of hydrogen-bond acceptors (Lipinski definition) is 3. The molecule has 0 amide bonds. The number of hydrogen-bond donors (Lipinski definition) is 0. The van der Waals surface area contributed by atoms with Crippen LogP contribution >= 0.6 is 0 Å². The summed E-state index contributed by atoms with van der Waals surface area (Å²) in [5.41, 5.74) is 1.76. The van der Waals surface area contributed by atoms with Gasteiger partial charge in [-0.25, -0.2) is 0 Å². The molecule has 0 spiro atoms. The summed E-state index contributed by atoms with van der Waals surface area (Å²) < 4.78 is 11.3. The van der Waals surface area contributed by atoms with E-state index in [2.05, 4.69) is 19.1 Å². The fraction of sp³-hybridized carbons (Fsp3) is 0.278.